The highest BCUT2D eigenvalue weighted by atomic mass is 32.1. The van der Waals surface area contributed by atoms with Gasteiger partial charge in [0.05, 0.1) is 19.8 Å². The van der Waals surface area contributed by atoms with Crippen molar-refractivity contribution >= 4 is 16.5 Å². The van der Waals surface area contributed by atoms with Gasteiger partial charge in [0.1, 0.15) is 0 Å². The summed E-state index contributed by atoms with van der Waals surface area (Å²) in [6.07, 6.45) is 0. The van der Waals surface area contributed by atoms with Gasteiger partial charge in [-0.05, 0) is 6.07 Å². The normalized spacial score (nSPS) is 12.5. The predicted octanol–water partition coefficient (Wildman–Crippen LogP) is 1.53. The molecule has 0 amide bonds. The lowest BCUT2D eigenvalue weighted by Crippen LogP contribution is -1.94. The number of anilines is 1. The zero-order valence-corrected chi connectivity index (χ0v) is 11.1. The van der Waals surface area contributed by atoms with Crippen LogP contribution in [0.5, 0.6) is 23.0 Å². The van der Waals surface area contributed by atoms with E-state index in [1.165, 1.54) is 11.3 Å². The van der Waals surface area contributed by atoms with E-state index in [0.29, 0.717) is 38.7 Å². The van der Waals surface area contributed by atoms with Gasteiger partial charge in [0.2, 0.25) is 23.4 Å². The maximum Gasteiger partial charge on any atom is 0.231 e. The van der Waals surface area contributed by atoms with Gasteiger partial charge >= 0.3 is 0 Å². The number of nitrogens with two attached hydrogens (primary N) is 1. The molecule has 2 heterocycles. The van der Waals surface area contributed by atoms with Crippen molar-refractivity contribution in [3.05, 3.63) is 6.07 Å². The Morgan fingerprint density at radius 2 is 2.00 bits per heavy atom. The number of ether oxygens (including phenoxy) is 4. The zero-order valence-electron chi connectivity index (χ0n) is 10.3. The third kappa shape index (κ3) is 1.80. The maximum atomic E-state index is 5.61. The van der Waals surface area contributed by atoms with E-state index in [1.807, 2.05) is 0 Å². The number of benzene rings is 1. The Morgan fingerprint density at radius 1 is 1.21 bits per heavy atom. The van der Waals surface area contributed by atoms with Gasteiger partial charge in [0.15, 0.2) is 16.5 Å². The molecule has 2 N–H and O–H groups in total. The van der Waals surface area contributed by atoms with Gasteiger partial charge in [-0.1, -0.05) is 11.3 Å². The number of nitrogens with zero attached hydrogens (tertiary/aromatic N) is 2. The molecule has 0 saturated heterocycles. The van der Waals surface area contributed by atoms with Crippen molar-refractivity contribution in [2.75, 3.05) is 26.7 Å². The minimum absolute atomic E-state index is 0.129. The van der Waals surface area contributed by atoms with Crippen molar-refractivity contribution < 1.29 is 18.9 Å². The Labute approximate surface area is 112 Å². The van der Waals surface area contributed by atoms with E-state index in [2.05, 4.69) is 10.2 Å². The molecule has 100 valence electrons. The molecule has 7 nitrogen and oxygen atoms in total. The third-order valence-electron chi connectivity index (χ3n) is 2.66. The molecule has 3 rings (SSSR count). The van der Waals surface area contributed by atoms with E-state index in [1.54, 1.807) is 20.3 Å². The zero-order chi connectivity index (χ0) is 13.4. The first-order chi connectivity index (χ1) is 9.24. The highest BCUT2D eigenvalue weighted by molar-refractivity contribution is 7.18. The van der Waals surface area contributed by atoms with Crippen molar-refractivity contribution in [3.63, 3.8) is 0 Å². The molecule has 1 aliphatic heterocycles. The first-order valence-corrected chi connectivity index (χ1v) is 6.20. The van der Waals surface area contributed by atoms with E-state index >= 15 is 0 Å². The first kappa shape index (κ1) is 11.8. The Kier molecular flexibility index (Phi) is 2.79. The van der Waals surface area contributed by atoms with Crippen LogP contribution in [0.2, 0.25) is 0 Å². The van der Waals surface area contributed by atoms with Crippen LogP contribution in [0, 0.1) is 0 Å². The molecular weight excluding hydrogens is 270 g/mol. The van der Waals surface area contributed by atoms with Gasteiger partial charge < -0.3 is 24.7 Å². The van der Waals surface area contributed by atoms with Crippen LogP contribution in [0.4, 0.5) is 5.13 Å². The molecule has 0 spiro atoms. The summed E-state index contributed by atoms with van der Waals surface area (Å²) >= 11 is 1.26. The second-order valence-corrected chi connectivity index (χ2v) is 4.68. The average molecular weight is 281 g/mol. The number of hydrogen-bond donors (Lipinski definition) is 1. The molecule has 19 heavy (non-hydrogen) atoms. The van der Waals surface area contributed by atoms with Crippen LogP contribution in [0.3, 0.4) is 0 Å². The fourth-order valence-electron chi connectivity index (χ4n) is 1.87. The first-order valence-electron chi connectivity index (χ1n) is 5.38. The molecule has 0 radical (unpaired) electrons. The fourth-order valence-corrected chi connectivity index (χ4v) is 2.49. The van der Waals surface area contributed by atoms with Gasteiger partial charge in [-0.25, -0.2) is 0 Å². The van der Waals surface area contributed by atoms with Crippen LogP contribution in [-0.2, 0) is 0 Å². The molecule has 1 aromatic heterocycles. The fraction of sp³-hybridized carbons (Fsp3) is 0.273. The molecule has 0 unspecified atom stereocenters. The number of nitrogen functional groups attached to an aromatic ring is 1. The van der Waals surface area contributed by atoms with Gasteiger partial charge in [0.25, 0.3) is 0 Å². The predicted molar refractivity (Wildman–Crippen MR) is 69.0 cm³/mol. The summed E-state index contributed by atoms with van der Waals surface area (Å²) in [7, 11) is 3.11. The topological polar surface area (TPSA) is 88.7 Å². The van der Waals surface area contributed by atoms with Crippen LogP contribution < -0.4 is 24.7 Å². The number of hydrogen-bond acceptors (Lipinski definition) is 8. The minimum atomic E-state index is 0.129. The van der Waals surface area contributed by atoms with E-state index in [-0.39, 0.29) is 6.79 Å². The van der Waals surface area contributed by atoms with Crippen molar-refractivity contribution in [2.24, 2.45) is 0 Å². The lowest BCUT2D eigenvalue weighted by Gasteiger charge is -2.11. The van der Waals surface area contributed by atoms with Gasteiger partial charge in [-0.3, -0.25) is 0 Å². The lowest BCUT2D eigenvalue weighted by atomic mass is 10.1. The minimum Gasteiger partial charge on any atom is -0.493 e. The third-order valence-corrected chi connectivity index (χ3v) is 3.44. The SMILES string of the molecule is COc1cc(-c2nnc(N)s2)c(OC)c2c1OCO2. The van der Waals surface area contributed by atoms with Crippen molar-refractivity contribution in [2.45, 2.75) is 0 Å². The molecule has 2 aromatic rings. The molecule has 0 aliphatic carbocycles. The van der Waals surface area contributed by atoms with E-state index in [4.69, 9.17) is 24.7 Å². The monoisotopic (exact) mass is 281 g/mol. The summed E-state index contributed by atoms with van der Waals surface area (Å²) in [4.78, 5) is 0. The summed E-state index contributed by atoms with van der Waals surface area (Å²) in [6, 6.07) is 1.77. The number of rotatable bonds is 3. The standard InChI is InChI=1S/C11H11N3O4S/c1-15-6-3-5(10-13-14-11(12)19-10)7(16-2)9-8(6)17-4-18-9/h3H,4H2,1-2H3,(H2,12,14). The lowest BCUT2D eigenvalue weighted by molar-refractivity contribution is 0.168. The van der Waals surface area contributed by atoms with Crippen LogP contribution in [-0.4, -0.2) is 31.2 Å². The van der Waals surface area contributed by atoms with Crippen LogP contribution >= 0.6 is 11.3 Å². The molecule has 1 aliphatic rings. The largest absolute Gasteiger partial charge is 0.493 e. The van der Waals surface area contributed by atoms with Crippen LogP contribution in [0.1, 0.15) is 0 Å². The molecule has 8 heteroatoms. The summed E-state index contributed by atoms with van der Waals surface area (Å²) < 4.78 is 21.5. The van der Waals surface area contributed by atoms with E-state index in [0.717, 1.165) is 0 Å². The smallest absolute Gasteiger partial charge is 0.231 e. The van der Waals surface area contributed by atoms with Crippen LogP contribution in [0.15, 0.2) is 6.07 Å². The van der Waals surface area contributed by atoms with Gasteiger partial charge in [0, 0.05) is 0 Å². The van der Waals surface area contributed by atoms with E-state index < -0.39 is 0 Å². The van der Waals surface area contributed by atoms with Crippen molar-refractivity contribution in [1.82, 2.24) is 10.2 Å². The molecule has 0 saturated carbocycles. The van der Waals surface area contributed by atoms with Crippen molar-refractivity contribution in [3.8, 4) is 33.6 Å². The number of methoxy groups -OCH3 is 2. The van der Waals surface area contributed by atoms with E-state index in [9.17, 15) is 0 Å². The second-order valence-electron chi connectivity index (χ2n) is 3.67. The molecule has 0 atom stereocenters. The van der Waals surface area contributed by atoms with Crippen molar-refractivity contribution in [1.29, 1.82) is 0 Å². The van der Waals surface area contributed by atoms with Gasteiger partial charge in [-0.15, -0.1) is 10.2 Å². The summed E-state index contributed by atoms with van der Waals surface area (Å²) in [5, 5.41) is 8.82. The summed E-state index contributed by atoms with van der Waals surface area (Å²) in [5.41, 5.74) is 6.31. The number of aromatic nitrogens is 2. The quantitative estimate of drug-likeness (QED) is 0.912. The Hall–Kier alpha value is -2.22. The van der Waals surface area contributed by atoms with Crippen LogP contribution in [0.25, 0.3) is 10.6 Å². The highest BCUT2D eigenvalue weighted by Crippen LogP contribution is 2.52. The summed E-state index contributed by atoms with van der Waals surface area (Å²) in [5.74, 6) is 2.12. The Balaban J connectivity index is 2.24. The average Bonchev–Trinajstić information content (AvgIpc) is 3.05. The maximum absolute atomic E-state index is 5.61. The Morgan fingerprint density at radius 3 is 2.63 bits per heavy atom. The number of fused-ring (bicyclic) bond motifs is 1. The molecular formula is C11H11N3O4S. The van der Waals surface area contributed by atoms with Gasteiger partial charge in [-0.2, -0.15) is 0 Å². The Bertz CT molecular complexity index is 629. The summed E-state index contributed by atoms with van der Waals surface area (Å²) in [6.45, 7) is 0.129. The molecule has 0 fully saturated rings. The second kappa shape index (κ2) is 4.47. The molecule has 0 bridgehead atoms. The highest BCUT2D eigenvalue weighted by Gasteiger charge is 2.28. The molecule has 1 aromatic carbocycles.